The molecule has 1 heterocycles. The Balaban J connectivity index is 1.56. The van der Waals surface area contributed by atoms with Crippen molar-refractivity contribution in [3.05, 3.63) is 95.6 Å². The van der Waals surface area contributed by atoms with Gasteiger partial charge in [-0.3, -0.25) is 9.59 Å². The van der Waals surface area contributed by atoms with Gasteiger partial charge in [-0.2, -0.15) is 0 Å². The number of para-hydroxylation sites is 1. The van der Waals surface area contributed by atoms with Crippen molar-refractivity contribution in [3.63, 3.8) is 0 Å². The number of rotatable bonds is 7. The van der Waals surface area contributed by atoms with E-state index in [2.05, 4.69) is 37.4 Å². The number of carbonyl (C=O) groups excluding carboxylic acids is 2. The number of benzene rings is 3. The summed E-state index contributed by atoms with van der Waals surface area (Å²) in [5, 5.41) is 2.83. The van der Waals surface area contributed by atoms with Crippen molar-refractivity contribution < 1.29 is 14.3 Å². The third-order valence-electron chi connectivity index (χ3n) is 5.79. The normalized spacial score (nSPS) is 15.1. The summed E-state index contributed by atoms with van der Waals surface area (Å²) in [6, 6.07) is 25.2. The fourth-order valence-electron chi connectivity index (χ4n) is 4.28. The highest BCUT2D eigenvalue weighted by Gasteiger charge is 2.32. The summed E-state index contributed by atoms with van der Waals surface area (Å²) >= 11 is 0. The molecule has 0 aromatic heterocycles. The first-order valence-electron chi connectivity index (χ1n) is 11.5. The van der Waals surface area contributed by atoms with Gasteiger partial charge in [-0.05, 0) is 53.3 Å². The number of ether oxygens (including phenoxy) is 1. The van der Waals surface area contributed by atoms with Crippen LogP contribution < -0.4 is 10.1 Å². The Bertz CT molecular complexity index is 1100. The van der Waals surface area contributed by atoms with Gasteiger partial charge in [0.2, 0.25) is 5.91 Å². The van der Waals surface area contributed by atoms with Crippen molar-refractivity contribution in [2.75, 3.05) is 18.5 Å². The summed E-state index contributed by atoms with van der Waals surface area (Å²) < 4.78 is 5.84. The van der Waals surface area contributed by atoms with Crippen LogP contribution in [-0.4, -0.2) is 29.9 Å². The van der Waals surface area contributed by atoms with Gasteiger partial charge in [-0.1, -0.05) is 68.4 Å². The number of carbonyl (C=O) groups is 2. The van der Waals surface area contributed by atoms with Crippen LogP contribution in [0.15, 0.2) is 78.9 Å². The zero-order valence-electron chi connectivity index (χ0n) is 19.2. The largest absolute Gasteiger partial charge is 0.484 e. The van der Waals surface area contributed by atoms with Crippen LogP contribution in [0.1, 0.15) is 43.0 Å². The molecule has 33 heavy (non-hydrogen) atoms. The zero-order chi connectivity index (χ0) is 23.2. The molecular formula is C28H30N2O3. The van der Waals surface area contributed by atoms with Gasteiger partial charge < -0.3 is 15.0 Å². The van der Waals surface area contributed by atoms with E-state index in [-0.39, 0.29) is 24.5 Å². The maximum Gasteiger partial charge on any atom is 0.262 e. The predicted octanol–water partition coefficient (Wildman–Crippen LogP) is 5.22. The first-order chi connectivity index (χ1) is 16.0. The lowest BCUT2D eigenvalue weighted by Crippen LogP contribution is -2.41. The first-order valence-corrected chi connectivity index (χ1v) is 11.5. The fourth-order valence-corrected chi connectivity index (χ4v) is 4.28. The molecule has 4 rings (SSSR count). The van der Waals surface area contributed by atoms with E-state index in [0.29, 0.717) is 24.6 Å². The van der Waals surface area contributed by atoms with Crippen LogP contribution in [-0.2, 0) is 16.0 Å². The molecule has 2 amide bonds. The molecular weight excluding hydrogens is 412 g/mol. The second-order valence-corrected chi connectivity index (χ2v) is 8.81. The quantitative estimate of drug-likeness (QED) is 0.545. The van der Waals surface area contributed by atoms with Crippen LogP contribution in [0, 0.1) is 5.92 Å². The van der Waals surface area contributed by atoms with Crippen molar-refractivity contribution in [2.24, 2.45) is 5.92 Å². The molecule has 0 radical (unpaired) electrons. The minimum absolute atomic E-state index is 0.0837. The van der Waals surface area contributed by atoms with Gasteiger partial charge in [0.15, 0.2) is 6.61 Å². The third-order valence-corrected chi connectivity index (χ3v) is 5.79. The second kappa shape index (κ2) is 10.3. The van der Waals surface area contributed by atoms with Crippen molar-refractivity contribution in [1.29, 1.82) is 0 Å². The van der Waals surface area contributed by atoms with Gasteiger partial charge in [0, 0.05) is 18.7 Å². The Morgan fingerprint density at radius 3 is 2.39 bits per heavy atom. The van der Waals surface area contributed by atoms with Gasteiger partial charge in [-0.15, -0.1) is 0 Å². The molecule has 0 fully saturated rings. The third kappa shape index (κ3) is 5.61. The van der Waals surface area contributed by atoms with E-state index in [0.717, 1.165) is 23.2 Å². The zero-order valence-corrected chi connectivity index (χ0v) is 19.2. The molecule has 0 bridgehead atoms. The Labute approximate surface area is 195 Å². The lowest BCUT2D eigenvalue weighted by molar-refractivity contribution is -0.134. The summed E-state index contributed by atoms with van der Waals surface area (Å²) in [7, 11) is 0. The molecule has 170 valence electrons. The summed E-state index contributed by atoms with van der Waals surface area (Å²) in [6.07, 6.45) is 1.33. The molecule has 0 aliphatic carbocycles. The SMILES string of the molecule is CC(C)CC(=O)N1CCc2ccc(OCC(=O)Nc3ccccc3)cc2C1c1ccccc1. The van der Waals surface area contributed by atoms with E-state index in [4.69, 9.17) is 4.74 Å². The maximum absolute atomic E-state index is 13.1. The maximum atomic E-state index is 13.1. The summed E-state index contributed by atoms with van der Waals surface area (Å²) in [5.41, 5.74) is 4.08. The highest BCUT2D eigenvalue weighted by atomic mass is 16.5. The minimum atomic E-state index is -0.215. The number of fused-ring (bicyclic) bond motifs is 1. The van der Waals surface area contributed by atoms with E-state index in [1.54, 1.807) is 0 Å². The van der Waals surface area contributed by atoms with E-state index < -0.39 is 0 Å². The summed E-state index contributed by atoms with van der Waals surface area (Å²) in [5.74, 6) is 0.870. The standard InChI is InChI=1S/C28H30N2O3/c1-20(2)17-27(32)30-16-15-21-13-14-24(18-25(21)28(30)22-9-5-3-6-10-22)33-19-26(31)29-23-11-7-4-8-12-23/h3-14,18,20,28H,15-17,19H2,1-2H3,(H,29,31). The van der Waals surface area contributed by atoms with Crippen LogP contribution in [0.2, 0.25) is 0 Å². The fraction of sp³-hybridized carbons (Fsp3) is 0.286. The van der Waals surface area contributed by atoms with E-state index >= 15 is 0 Å². The van der Waals surface area contributed by atoms with Crippen LogP contribution >= 0.6 is 0 Å². The van der Waals surface area contributed by atoms with E-state index in [1.165, 1.54) is 5.56 Å². The predicted molar refractivity (Wildman–Crippen MR) is 130 cm³/mol. The molecule has 0 saturated carbocycles. The first kappa shape index (κ1) is 22.6. The Morgan fingerprint density at radius 1 is 1.00 bits per heavy atom. The van der Waals surface area contributed by atoms with Gasteiger partial charge >= 0.3 is 0 Å². The summed E-state index contributed by atoms with van der Waals surface area (Å²) in [4.78, 5) is 27.4. The average Bonchev–Trinajstić information content (AvgIpc) is 2.82. The summed E-state index contributed by atoms with van der Waals surface area (Å²) in [6.45, 7) is 4.75. The smallest absolute Gasteiger partial charge is 0.262 e. The van der Waals surface area contributed by atoms with Crippen LogP contribution in [0.25, 0.3) is 0 Å². The molecule has 1 unspecified atom stereocenters. The van der Waals surface area contributed by atoms with Gasteiger partial charge in [0.25, 0.3) is 5.91 Å². The van der Waals surface area contributed by atoms with E-state index in [1.807, 2.05) is 65.6 Å². The molecule has 5 nitrogen and oxygen atoms in total. The topological polar surface area (TPSA) is 58.6 Å². The lowest BCUT2D eigenvalue weighted by Gasteiger charge is -2.38. The molecule has 0 saturated heterocycles. The van der Waals surface area contributed by atoms with Crippen LogP contribution in [0.4, 0.5) is 5.69 Å². The Hall–Kier alpha value is -3.60. The van der Waals surface area contributed by atoms with Gasteiger partial charge in [0.05, 0.1) is 6.04 Å². The monoisotopic (exact) mass is 442 g/mol. The molecule has 3 aromatic carbocycles. The molecule has 3 aromatic rings. The molecule has 1 atom stereocenters. The highest BCUT2D eigenvalue weighted by Crippen LogP contribution is 2.37. The van der Waals surface area contributed by atoms with Crippen LogP contribution in [0.5, 0.6) is 5.75 Å². The Morgan fingerprint density at radius 2 is 1.70 bits per heavy atom. The molecule has 1 aliphatic heterocycles. The number of amides is 2. The van der Waals surface area contributed by atoms with Crippen molar-refractivity contribution in [2.45, 2.75) is 32.7 Å². The minimum Gasteiger partial charge on any atom is -0.484 e. The number of hydrogen-bond donors (Lipinski definition) is 1. The lowest BCUT2D eigenvalue weighted by atomic mass is 9.87. The van der Waals surface area contributed by atoms with E-state index in [9.17, 15) is 9.59 Å². The Kier molecular flexibility index (Phi) is 7.08. The second-order valence-electron chi connectivity index (χ2n) is 8.81. The highest BCUT2D eigenvalue weighted by molar-refractivity contribution is 5.91. The number of nitrogens with one attached hydrogen (secondary N) is 1. The molecule has 1 N–H and O–H groups in total. The molecule has 1 aliphatic rings. The van der Waals surface area contributed by atoms with Crippen molar-refractivity contribution >= 4 is 17.5 Å². The van der Waals surface area contributed by atoms with Crippen molar-refractivity contribution in [3.8, 4) is 5.75 Å². The molecule has 0 spiro atoms. The van der Waals surface area contributed by atoms with Crippen molar-refractivity contribution in [1.82, 2.24) is 4.90 Å². The van der Waals surface area contributed by atoms with Gasteiger partial charge in [0.1, 0.15) is 5.75 Å². The number of hydrogen-bond acceptors (Lipinski definition) is 3. The average molecular weight is 443 g/mol. The number of anilines is 1. The van der Waals surface area contributed by atoms with Gasteiger partial charge in [-0.25, -0.2) is 0 Å². The number of nitrogens with zero attached hydrogens (tertiary/aromatic N) is 1. The van der Waals surface area contributed by atoms with Crippen LogP contribution in [0.3, 0.4) is 0 Å². The molecule has 5 heteroatoms.